The molecule has 6 heteroatoms. The van der Waals surface area contributed by atoms with Gasteiger partial charge in [0.25, 0.3) is 0 Å². The number of rotatable bonds is 2. The number of primary amides is 1. The Morgan fingerprint density at radius 3 is 2.69 bits per heavy atom. The summed E-state index contributed by atoms with van der Waals surface area (Å²) in [7, 11) is 0. The van der Waals surface area contributed by atoms with Gasteiger partial charge >= 0.3 is 6.03 Å². The number of nitrogens with one attached hydrogen (secondary N) is 2. The van der Waals surface area contributed by atoms with Crippen LogP contribution < -0.4 is 16.8 Å². The Balaban J connectivity index is 2.48. The van der Waals surface area contributed by atoms with Crippen LogP contribution in [0.2, 0.25) is 0 Å². The lowest BCUT2D eigenvalue weighted by Crippen LogP contribution is -2.19. The molecule has 1 heterocycles. The summed E-state index contributed by atoms with van der Waals surface area (Å²) in [6.45, 7) is 0. The molecule has 0 atom stereocenters. The van der Waals surface area contributed by atoms with Crippen LogP contribution in [0.1, 0.15) is 0 Å². The zero-order chi connectivity index (χ0) is 11.5. The van der Waals surface area contributed by atoms with Crippen molar-refractivity contribution in [3.8, 4) is 11.1 Å². The van der Waals surface area contributed by atoms with Gasteiger partial charge in [0.2, 0.25) is 0 Å². The lowest BCUT2D eigenvalue weighted by molar-refractivity contribution is 0.259. The summed E-state index contributed by atoms with van der Waals surface area (Å²) in [4.78, 5) is 10.8. The number of carbonyl (C=O) groups excluding carboxylic acids is 1. The number of nitrogen functional groups attached to an aromatic ring is 1. The predicted octanol–water partition coefficient (Wildman–Crippen LogP) is 1.15. The molecule has 0 aliphatic heterocycles. The summed E-state index contributed by atoms with van der Waals surface area (Å²) in [5.74, 6) is 0.443. The van der Waals surface area contributed by atoms with E-state index >= 15 is 0 Å². The fourth-order valence-electron chi connectivity index (χ4n) is 1.47. The highest BCUT2D eigenvalue weighted by atomic mass is 16.2. The second kappa shape index (κ2) is 3.93. The number of benzene rings is 1. The molecule has 0 unspecified atom stereocenters. The van der Waals surface area contributed by atoms with Gasteiger partial charge in [-0.05, 0) is 6.07 Å². The summed E-state index contributed by atoms with van der Waals surface area (Å²) < 4.78 is 0. The number of amides is 2. The molecule has 82 valence electrons. The highest BCUT2D eigenvalue weighted by Gasteiger charge is 2.09. The van der Waals surface area contributed by atoms with Gasteiger partial charge < -0.3 is 16.8 Å². The van der Waals surface area contributed by atoms with Gasteiger partial charge in [-0.25, -0.2) is 4.79 Å². The number of aromatic nitrogens is 2. The van der Waals surface area contributed by atoms with E-state index in [1.54, 1.807) is 18.3 Å². The maximum atomic E-state index is 10.8. The number of para-hydroxylation sites is 1. The second-order valence-corrected chi connectivity index (χ2v) is 3.23. The van der Waals surface area contributed by atoms with E-state index in [2.05, 4.69) is 15.5 Å². The molecule has 0 spiro atoms. The molecule has 6 nitrogen and oxygen atoms in total. The first-order chi connectivity index (χ1) is 7.68. The fourth-order valence-corrected chi connectivity index (χ4v) is 1.47. The molecule has 0 radical (unpaired) electrons. The highest BCUT2D eigenvalue weighted by Crippen LogP contribution is 2.30. The average Bonchev–Trinajstić information content (AvgIpc) is 2.64. The SMILES string of the molecule is NC(=O)Nc1ccccc1-c1cn[nH]c1N. The van der Waals surface area contributed by atoms with E-state index in [9.17, 15) is 4.79 Å². The predicted molar refractivity (Wildman–Crippen MR) is 61.6 cm³/mol. The van der Waals surface area contributed by atoms with Gasteiger partial charge in [-0.15, -0.1) is 0 Å². The van der Waals surface area contributed by atoms with E-state index in [4.69, 9.17) is 11.5 Å². The van der Waals surface area contributed by atoms with Gasteiger partial charge in [-0.3, -0.25) is 5.10 Å². The Hall–Kier alpha value is -2.50. The summed E-state index contributed by atoms with van der Waals surface area (Å²) in [6.07, 6.45) is 1.59. The monoisotopic (exact) mass is 217 g/mol. The fraction of sp³-hybridized carbons (Fsp3) is 0. The molecule has 1 aromatic carbocycles. The molecular formula is C10H11N5O. The number of hydrogen-bond donors (Lipinski definition) is 4. The zero-order valence-corrected chi connectivity index (χ0v) is 8.40. The summed E-state index contributed by atoms with van der Waals surface area (Å²) in [5.41, 5.74) is 12.9. The number of nitrogens with zero attached hydrogens (tertiary/aromatic N) is 1. The Labute approximate surface area is 91.6 Å². The molecule has 0 bridgehead atoms. The van der Waals surface area contributed by atoms with Crippen LogP contribution >= 0.6 is 0 Å². The van der Waals surface area contributed by atoms with Gasteiger partial charge in [0, 0.05) is 11.1 Å². The Kier molecular flexibility index (Phi) is 2.47. The summed E-state index contributed by atoms with van der Waals surface area (Å²) in [6, 6.07) is 6.59. The minimum Gasteiger partial charge on any atom is -0.384 e. The summed E-state index contributed by atoms with van der Waals surface area (Å²) in [5, 5.41) is 8.99. The summed E-state index contributed by atoms with van der Waals surface area (Å²) >= 11 is 0. The topological polar surface area (TPSA) is 110 Å². The first kappa shape index (κ1) is 10.0. The number of H-pyrrole nitrogens is 1. The Morgan fingerprint density at radius 2 is 2.06 bits per heavy atom. The van der Waals surface area contributed by atoms with Crippen molar-refractivity contribution in [2.24, 2.45) is 5.73 Å². The first-order valence-electron chi connectivity index (χ1n) is 4.63. The van der Waals surface area contributed by atoms with Crippen molar-refractivity contribution in [3.63, 3.8) is 0 Å². The third-order valence-electron chi connectivity index (χ3n) is 2.14. The second-order valence-electron chi connectivity index (χ2n) is 3.23. The number of anilines is 2. The van der Waals surface area contributed by atoms with Crippen LogP contribution in [0.15, 0.2) is 30.5 Å². The molecule has 2 rings (SSSR count). The maximum absolute atomic E-state index is 10.8. The number of carbonyl (C=O) groups is 1. The quantitative estimate of drug-likeness (QED) is 0.605. The number of hydrogen-bond acceptors (Lipinski definition) is 3. The van der Waals surface area contributed by atoms with Crippen molar-refractivity contribution >= 4 is 17.5 Å². The van der Waals surface area contributed by atoms with Gasteiger partial charge in [0.15, 0.2) is 0 Å². The van der Waals surface area contributed by atoms with E-state index < -0.39 is 6.03 Å². The Bertz CT molecular complexity index is 519. The maximum Gasteiger partial charge on any atom is 0.316 e. The van der Waals surface area contributed by atoms with E-state index in [-0.39, 0.29) is 0 Å². The number of urea groups is 1. The van der Waals surface area contributed by atoms with Crippen LogP contribution in [0.5, 0.6) is 0 Å². The molecule has 1 aromatic heterocycles. The largest absolute Gasteiger partial charge is 0.384 e. The highest BCUT2D eigenvalue weighted by molar-refractivity contribution is 5.94. The minimum atomic E-state index is -0.616. The third kappa shape index (κ3) is 1.81. The molecule has 0 saturated heterocycles. The van der Waals surface area contributed by atoms with Crippen LogP contribution in [0.3, 0.4) is 0 Å². The van der Waals surface area contributed by atoms with Gasteiger partial charge in [-0.2, -0.15) is 5.10 Å². The van der Waals surface area contributed by atoms with E-state index in [0.29, 0.717) is 11.5 Å². The molecule has 2 aromatic rings. The smallest absolute Gasteiger partial charge is 0.316 e. The van der Waals surface area contributed by atoms with Crippen LogP contribution in [-0.4, -0.2) is 16.2 Å². The molecule has 0 aliphatic rings. The molecule has 0 fully saturated rings. The number of aromatic amines is 1. The number of nitrogens with two attached hydrogens (primary N) is 2. The van der Waals surface area contributed by atoms with Crippen LogP contribution in [0, 0.1) is 0 Å². The van der Waals surface area contributed by atoms with Crippen molar-refractivity contribution in [2.75, 3.05) is 11.1 Å². The van der Waals surface area contributed by atoms with E-state index in [1.807, 2.05) is 12.1 Å². The molecule has 2 amide bonds. The molecule has 0 saturated carbocycles. The van der Waals surface area contributed by atoms with Crippen molar-refractivity contribution in [1.29, 1.82) is 0 Å². The van der Waals surface area contributed by atoms with Crippen molar-refractivity contribution in [2.45, 2.75) is 0 Å². The van der Waals surface area contributed by atoms with Crippen molar-refractivity contribution in [3.05, 3.63) is 30.5 Å². The molecule has 6 N–H and O–H groups in total. The normalized spacial score (nSPS) is 10.0. The van der Waals surface area contributed by atoms with Crippen LogP contribution in [0.4, 0.5) is 16.3 Å². The molecule has 0 aliphatic carbocycles. The van der Waals surface area contributed by atoms with Gasteiger partial charge in [0.05, 0.1) is 11.9 Å². The van der Waals surface area contributed by atoms with E-state index in [0.717, 1.165) is 11.1 Å². The lowest BCUT2D eigenvalue weighted by Gasteiger charge is -2.08. The first-order valence-corrected chi connectivity index (χ1v) is 4.63. The van der Waals surface area contributed by atoms with Crippen molar-refractivity contribution < 1.29 is 4.79 Å². The Morgan fingerprint density at radius 1 is 1.31 bits per heavy atom. The average molecular weight is 217 g/mol. The van der Waals surface area contributed by atoms with Crippen LogP contribution in [0.25, 0.3) is 11.1 Å². The van der Waals surface area contributed by atoms with Crippen LogP contribution in [-0.2, 0) is 0 Å². The van der Waals surface area contributed by atoms with Gasteiger partial charge in [-0.1, -0.05) is 18.2 Å². The lowest BCUT2D eigenvalue weighted by atomic mass is 10.1. The van der Waals surface area contributed by atoms with E-state index in [1.165, 1.54) is 0 Å². The molecule has 16 heavy (non-hydrogen) atoms. The molecular weight excluding hydrogens is 206 g/mol. The minimum absolute atomic E-state index is 0.443. The third-order valence-corrected chi connectivity index (χ3v) is 2.14. The van der Waals surface area contributed by atoms with Crippen molar-refractivity contribution in [1.82, 2.24) is 10.2 Å². The standard InChI is InChI=1S/C10H11N5O/c11-9-7(5-13-15-9)6-3-1-2-4-8(6)14-10(12)16/h1-5H,(H3,11,13,15)(H3,12,14,16). The zero-order valence-electron chi connectivity index (χ0n) is 8.40. The van der Waals surface area contributed by atoms with Gasteiger partial charge in [0.1, 0.15) is 5.82 Å².